The Bertz CT molecular complexity index is 554. The lowest BCUT2D eigenvalue weighted by Crippen LogP contribution is -2.18. The minimum Gasteiger partial charge on any atom is -0.463 e. The van der Waals surface area contributed by atoms with Gasteiger partial charge >= 0.3 is 0 Å². The van der Waals surface area contributed by atoms with Crippen molar-refractivity contribution in [3.8, 4) is 11.5 Å². The van der Waals surface area contributed by atoms with Gasteiger partial charge in [0.05, 0.1) is 6.26 Å². The Morgan fingerprint density at radius 1 is 1.26 bits per heavy atom. The molecule has 2 aromatic heterocycles. The van der Waals surface area contributed by atoms with Gasteiger partial charge in [0.15, 0.2) is 5.76 Å². The molecule has 1 N–H and O–H groups in total. The molecule has 0 fully saturated rings. The molecule has 0 aliphatic carbocycles. The molecule has 2 aromatic rings. The molecule has 0 unspecified atom stereocenters. The molecule has 0 aliphatic rings. The van der Waals surface area contributed by atoms with Crippen molar-refractivity contribution >= 4 is 5.82 Å². The van der Waals surface area contributed by atoms with Gasteiger partial charge in [0, 0.05) is 17.5 Å². The molecule has 0 aromatic carbocycles. The summed E-state index contributed by atoms with van der Waals surface area (Å²) in [5.41, 5.74) is 1.78. The molecule has 0 bridgehead atoms. The SMILES string of the molecule is CCNc1nc(C(C)(C)C)nc(-c2ccco2)c1C. The molecule has 0 saturated heterocycles. The molecule has 4 nitrogen and oxygen atoms in total. The summed E-state index contributed by atoms with van der Waals surface area (Å²) < 4.78 is 5.48. The predicted octanol–water partition coefficient (Wildman–Crippen LogP) is 3.77. The largest absolute Gasteiger partial charge is 0.463 e. The van der Waals surface area contributed by atoms with Crippen molar-refractivity contribution in [3.05, 3.63) is 29.8 Å². The summed E-state index contributed by atoms with van der Waals surface area (Å²) in [6.07, 6.45) is 1.67. The Labute approximate surface area is 114 Å². The van der Waals surface area contributed by atoms with Gasteiger partial charge in [-0.2, -0.15) is 0 Å². The van der Waals surface area contributed by atoms with Crippen LogP contribution in [-0.2, 0) is 5.41 Å². The number of aromatic nitrogens is 2. The van der Waals surface area contributed by atoms with Gasteiger partial charge in [0.1, 0.15) is 17.3 Å². The lowest BCUT2D eigenvalue weighted by Gasteiger charge is -2.20. The van der Waals surface area contributed by atoms with Crippen LogP contribution in [0.2, 0.25) is 0 Å². The molecule has 0 radical (unpaired) electrons. The van der Waals surface area contributed by atoms with Crippen LogP contribution in [0.15, 0.2) is 22.8 Å². The molecular weight excluding hydrogens is 238 g/mol. The van der Waals surface area contributed by atoms with Gasteiger partial charge in [0.25, 0.3) is 0 Å². The second-order valence-corrected chi connectivity index (χ2v) is 5.63. The van der Waals surface area contributed by atoms with E-state index in [1.165, 1.54) is 0 Å². The summed E-state index contributed by atoms with van der Waals surface area (Å²) in [6.45, 7) is 11.2. The minimum absolute atomic E-state index is 0.0980. The average molecular weight is 259 g/mol. The first kappa shape index (κ1) is 13.6. The zero-order valence-corrected chi connectivity index (χ0v) is 12.2. The van der Waals surface area contributed by atoms with Crippen LogP contribution in [-0.4, -0.2) is 16.5 Å². The third kappa shape index (κ3) is 2.78. The van der Waals surface area contributed by atoms with E-state index in [2.05, 4.69) is 43.0 Å². The Kier molecular flexibility index (Phi) is 3.60. The molecule has 0 atom stereocenters. The van der Waals surface area contributed by atoms with Gasteiger partial charge in [0.2, 0.25) is 0 Å². The Hall–Kier alpha value is -1.84. The lowest BCUT2D eigenvalue weighted by atomic mass is 9.95. The smallest absolute Gasteiger partial charge is 0.152 e. The molecule has 4 heteroatoms. The Morgan fingerprint density at radius 2 is 2.00 bits per heavy atom. The highest BCUT2D eigenvalue weighted by Crippen LogP contribution is 2.29. The number of anilines is 1. The number of hydrogen-bond acceptors (Lipinski definition) is 4. The van der Waals surface area contributed by atoms with Gasteiger partial charge in [-0.05, 0) is 26.0 Å². The fraction of sp³-hybridized carbons (Fsp3) is 0.467. The quantitative estimate of drug-likeness (QED) is 0.911. The number of hydrogen-bond donors (Lipinski definition) is 1. The van der Waals surface area contributed by atoms with Crippen LogP contribution in [0.3, 0.4) is 0 Å². The molecule has 2 heterocycles. The maximum absolute atomic E-state index is 5.48. The first-order valence-corrected chi connectivity index (χ1v) is 6.60. The van der Waals surface area contributed by atoms with Crippen LogP contribution >= 0.6 is 0 Å². The zero-order chi connectivity index (χ0) is 14.0. The van der Waals surface area contributed by atoms with Gasteiger partial charge in [-0.25, -0.2) is 9.97 Å². The van der Waals surface area contributed by atoms with E-state index in [1.807, 2.05) is 19.1 Å². The van der Waals surface area contributed by atoms with Crippen LogP contribution in [0.4, 0.5) is 5.82 Å². The van der Waals surface area contributed by atoms with E-state index in [4.69, 9.17) is 4.42 Å². The topological polar surface area (TPSA) is 51.0 Å². The maximum atomic E-state index is 5.48. The van der Waals surface area contributed by atoms with Crippen LogP contribution in [0.5, 0.6) is 0 Å². The predicted molar refractivity (Wildman–Crippen MR) is 77.3 cm³/mol. The summed E-state index contributed by atoms with van der Waals surface area (Å²) >= 11 is 0. The van der Waals surface area contributed by atoms with E-state index in [0.29, 0.717) is 0 Å². The Balaban J connectivity index is 2.62. The van der Waals surface area contributed by atoms with Crippen molar-refractivity contribution in [2.45, 2.75) is 40.0 Å². The average Bonchev–Trinajstić information content (AvgIpc) is 2.84. The second kappa shape index (κ2) is 5.03. The van der Waals surface area contributed by atoms with Crippen molar-refractivity contribution in [3.63, 3.8) is 0 Å². The third-order valence-corrected chi connectivity index (χ3v) is 2.92. The first-order valence-electron chi connectivity index (χ1n) is 6.60. The van der Waals surface area contributed by atoms with Crippen molar-refractivity contribution in [2.75, 3.05) is 11.9 Å². The minimum atomic E-state index is -0.0980. The Morgan fingerprint density at radius 3 is 2.53 bits per heavy atom. The second-order valence-electron chi connectivity index (χ2n) is 5.63. The van der Waals surface area contributed by atoms with Gasteiger partial charge in [-0.1, -0.05) is 20.8 Å². The van der Waals surface area contributed by atoms with E-state index in [1.54, 1.807) is 6.26 Å². The summed E-state index contributed by atoms with van der Waals surface area (Å²) in [4.78, 5) is 9.32. The first-order chi connectivity index (χ1) is 8.93. The van der Waals surface area contributed by atoms with Crippen LogP contribution in [0.25, 0.3) is 11.5 Å². The van der Waals surface area contributed by atoms with Crippen LogP contribution < -0.4 is 5.32 Å². The van der Waals surface area contributed by atoms with Crippen LogP contribution in [0, 0.1) is 6.92 Å². The van der Waals surface area contributed by atoms with Crippen LogP contribution in [0.1, 0.15) is 39.1 Å². The van der Waals surface area contributed by atoms with E-state index in [-0.39, 0.29) is 5.41 Å². The van der Waals surface area contributed by atoms with Gasteiger partial charge in [-0.15, -0.1) is 0 Å². The molecule has 0 amide bonds. The van der Waals surface area contributed by atoms with Crippen molar-refractivity contribution in [1.82, 2.24) is 9.97 Å². The fourth-order valence-corrected chi connectivity index (χ4v) is 1.84. The zero-order valence-electron chi connectivity index (χ0n) is 12.2. The van der Waals surface area contributed by atoms with E-state index in [9.17, 15) is 0 Å². The molecule has 19 heavy (non-hydrogen) atoms. The van der Waals surface area contributed by atoms with E-state index < -0.39 is 0 Å². The highest BCUT2D eigenvalue weighted by molar-refractivity contribution is 5.64. The third-order valence-electron chi connectivity index (χ3n) is 2.92. The van der Waals surface area contributed by atoms with Crippen molar-refractivity contribution in [1.29, 1.82) is 0 Å². The molecule has 0 aliphatic heterocycles. The van der Waals surface area contributed by atoms with Crippen molar-refractivity contribution < 1.29 is 4.42 Å². The molecule has 2 rings (SSSR count). The van der Waals surface area contributed by atoms with E-state index >= 15 is 0 Å². The highest BCUT2D eigenvalue weighted by atomic mass is 16.3. The monoisotopic (exact) mass is 259 g/mol. The summed E-state index contributed by atoms with van der Waals surface area (Å²) in [7, 11) is 0. The van der Waals surface area contributed by atoms with Crippen molar-refractivity contribution in [2.24, 2.45) is 0 Å². The number of rotatable bonds is 3. The molecular formula is C15H21N3O. The maximum Gasteiger partial charge on any atom is 0.152 e. The number of furan rings is 1. The fourth-order valence-electron chi connectivity index (χ4n) is 1.84. The van der Waals surface area contributed by atoms with Gasteiger partial charge < -0.3 is 9.73 Å². The standard InChI is InChI=1S/C15H21N3O/c1-6-16-13-10(2)12(11-8-7-9-19-11)17-14(18-13)15(3,4)5/h7-9H,6H2,1-5H3,(H,16,17,18). The molecule has 0 saturated carbocycles. The summed E-state index contributed by atoms with van der Waals surface area (Å²) in [5.74, 6) is 2.49. The normalized spacial score (nSPS) is 11.6. The number of nitrogens with zero attached hydrogens (tertiary/aromatic N) is 2. The van der Waals surface area contributed by atoms with E-state index in [0.717, 1.165) is 35.2 Å². The highest BCUT2D eigenvalue weighted by Gasteiger charge is 2.22. The molecule has 0 spiro atoms. The summed E-state index contributed by atoms with van der Waals surface area (Å²) in [6, 6.07) is 3.80. The lowest BCUT2D eigenvalue weighted by molar-refractivity contribution is 0.541. The number of nitrogens with one attached hydrogen (secondary N) is 1. The molecule has 102 valence electrons. The summed E-state index contributed by atoms with van der Waals surface area (Å²) in [5, 5.41) is 3.30. The van der Waals surface area contributed by atoms with Gasteiger partial charge in [-0.3, -0.25) is 0 Å².